The maximum Gasteiger partial charge on any atom is 0.210 e. The van der Waals surface area contributed by atoms with Crippen molar-refractivity contribution in [3.8, 4) is 0 Å². The van der Waals surface area contributed by atoms with Crippen LogP contribution in [0.5, 0.6) is 0 Å². The summed E-state index contributed by atoms with van der Waals surface area (Å²) in [5.74, 6) is 0.0173. The molecule has 0 unspecified atom stereocenters. The lowest BCUT2D eigenvalue weighted by atomic mass is 10.1. The Hall–Kier alpha value is -2.55. The van der Waals surface area contributed by atoms with E-state index >= 15 is 0 Å². The van der Waals surface area contributed by atoms with Crippen molar-refractivity contribution in [3.05, 3.63) is 71.5 Å². The summed E-state index contributed by atoms with van der Waals surface area (Å²) in [6.07, 6.45) is 1.91. The van der Waals surface area contributed by atoms with E-state index in [1.807, 2.05) is 41.8 Å². The van der Waals surface area contributed by atoms with Crippen LogP contribution in [0.25, 0.3) is 5.52 Å². The fourth-order valence-electron chi connectivity index (χ4n) is 2.32. The van der Waals surface area contributed by atoms with Gasteiger partial charge in [-0.1, -0.05) is 6.07 Å². The van der Waals surface area contributed by atoms with Gasteiger partial charge in [0.25, 0.3) is 0 Å². The van der Waals surface area contributed by atoms with E-state index in [1.165, 1.54) is 0 Å². The van der Waals surface area contributed by atoms with Gasteiger partial charge in [-0.2, -0.15) is 0 Å². The van der Waals surface area contributed by atoms with Crippen molar-refractivity contribution in [1.29, 1.82) is 0 Å². The molecule has 0 fully saturated rings. The Morgan fingerprint density at radius 2 is 1.84 bits per heavy atom. The molecule has 94 valence electrons. The standard InChI is InChI=1S/C16H14N2O/c1-11-10-14-4-2-3-9-18(14)15(11)16(19)12-5-7-13(17)8-6-12/h2-10H,17H2,1H3. The summed E-state index contributed by atoms with van der Waals surface area (Å²) < 4.78 is 1.92. The minimum atomic E-state index is 0.0173. The Labute approximate surface area is 111 Å². The molecule has 3 nitrogen and oxygen atoms in total. The lowest BCUT2D eigenvalue weighted by Gasteiger charge is -2.04. The Morgan fingerprint density at radius 1 is 1.11 bits per heavy atom. The zero-order valence-electron chi connectivity index (χ0n) is 10.6. The number of aryl methyl sites for hydroxylation is 1. The molecule has 0 aliphatic carbocycles. The normalized spacial score (nSPS) is 10.8. The first kappa shape index (κ1) is 11.5. The first-order valence-electron chi connectivity index (χ1n) is 6.14. The summed E-state index contributed by atoms with van der Waals surface area (Å²) in [5.41, 5.74) is 9.68. The third-order valence-electron chi connectivity index (χ3n) is 3.26. The summed E-state index contributed by atoms with van der Waals surface area (Å²) in [7, 11) is 0. The fraction of sp³-hybridized carbons (Fsp3) is 0.0625. The Morgan fingerprint density at radius 3 is 2.58 bits per heavy atom. The number of nitrogen functional groups attached to an aromatic ring is 1. The maximum atomic E-state index is 12.6. The number of rotatable bonds is 2. The van der Waals surface area contributed by atoms with E-state index in [0.717, 1.165) is 11.1 Å². The highest BCUT2D eigenvalue weighted by Crippen LogP contribution is 2.19. The van der Waals surface area contributed by atoms with Crippen LogP contribution in [0.3, 0.4) is 0 Å². The molecule has 2 N–H and O–H groups in total. The van der Waals surface area contributed by atoms with E-state index in [-0.39, 0.29) is 5.78 Å². The quantitative estimate of drug-likeness (QED) is 0.561. The summed E-state index contributed by atoms with van der Waals surface area (Å²) in [4.78, 5) is 12.6. The molecular formula is C16H14N2O. The SMILES string of the molecule is Cc1cc2ccccn2c1C(=O)c1ccc(N)cc1. The number of nitrogens with two attached hydrogens (primary N) is 1. The number of benzene rings is 1. The summed E-state index contributed by atoms with van der Waals surface area (Å²) in [6.45, 7) is 1.96. The second-order valence-corrected chi connectivity index (χ2v) is 4.62. The van der Waals surface area contributed by atoms with Gasteiger partial charge < -0.3 is 10.1 Å². The molecule has 1 aromatic carbocycles. The average Bonchev–Trinajstić information content (AvgIpc) is 2.74. The van der Waals surface area contributed by atoms with Crippen LogP contribution in [-0.2, 0) is 0 Å². The van der Waals surface area contributed by atoms with Gasteiger partial charge in [0.1, 0.15) is 0 Å². The molecule has 3 heteroatoms. The number of ketones is 1. The van der Waals surface area contributed by atoms with Crippen LogP contribution in [0.4, 0.5) is 5.69 Å². The molecule has 0 saturated heterocycles. The highest BCUT2D eigenvalue weighted by atomic mass is 16.1. The van der Waals surface area contributed by atoms with Gasteiger partial charge in [0.15, 0.2) is 0 Å². The van der Waals surface area contributed by atoms with E-state index in [0.29, 0.717) is 16.9 Å². The third kappa shape index (κ3) is 1.89. The third-order valence-corrected chi connectivity index (χ3v) is 3.26. The Kier molecular flexibility index (Phi) is 2.60. The van der Waals surface area contributed by atoms with Crippen LogP contribution >= 0.6 is 0 Å². The van der Waals surface area contributed by atoms with Gasteiger partial charge in [-0.05, 0) is 55.0 Å². The zero-order valence-corrected chi connectivity index (χ0v) is 10.6. The van der Waals surface area contributed by atoms with Crippen LogP contribution in [0.15, 0.2) is 54.7 Å². The molecule has 0 atom stereocenters. The van der Waals surface area contributed by atoms with Crippen LogP contribution in [0, 0.1) is 6.92 Å². The van der Waals surface area contributed by atoms with Crippen molar-refractivity contribution < 1.29 is 4.79 Å². The van der Waals surface area contributed by atoms with Gasteiger partial charge in [-0.25, -0.2) is 0 Å². The van der Waals surface area contributed by atoms with Crippen molar-refractivity contribution in [2.24, 2.45) is 0 Å². The number of aromatic nitrogens is 1. The van der Waals surface area contributed by atoms with Gasteiger partial charge in [-0.3, -0.25) is 4.79 Å². The number of anilines is 1. The highest BCUT2D eigenvalue weighted by Gasteiger charge is 2.16. The number of carbonyl (C=O) groups is 1. The number of hydrogen-bond acceptors (Lipinski definition) is 2. The molecule has 0 aliphatic rings. The second-order valence-electron chi connectivity index (χ2n) is 4.62. The molecule has 0 radical (unpaired) electrons. The summed E-state index contributed by atoms with van der Waals surface area (Å²) in [6, 6.07) is 14.9. The minimum absolute atomic E-state index is 0.0173. The van der Waals surface area contributed by atoms with Crippen molar-refractivity contribution in [1.82, 2.24) is 4.40 Å². The number of hydrogen-bond donors (Lipinski definition) is 1. The van der Waals surface area contributed by atoms with Gasteiger partial charge in [0.05, 0.1) is 5.69 Å². The van der Waals surface area contributed by atoms with Gasteiger partial charge >= 0.3 is 0 Å². The maximum absolute atomic E-state index is 12.6. The molecule has 2 heterocycles. The van der Waals surface area contributed by atoms with Gasteiger partial charge in [-0.15, -0.1) is 0 Å². The van der Waals surface area contributed by atoms with Gasteiger partial charge in [0.2, 0.25) is 5.78 Å². The van der Waals surface area contributed by atoms with E-state index in [4.69, 9.17) is 5.73 Å². The van der Waals surface area contributed by atoms with Crippen molar-refractivity contribution >= 4 is 17.0 Å². The molecule has 0 amide bonds. The molecule has 3 aromatic rings. The Bertz CT molecular complexity index is 754. The lowest BCUT2D eigenvalue weighted by Crippen LogP contribution is -2.06. The summed E-state index contributed by atoms with van der Waals surface area (Å²) in [5, 5.41) is 0. The zero-order chi connectivity index (χ0) is 13.4. The van der Waals surface area contributed by atoms with Crippen molar-refractivity contribution in [2.75, 3.05) is 5.73 Å². The van der Waals surface area contributed by atoms with Crippen molar-refractivity contribution in [3.63, 3.8) is 0 Å². The first-order valence-corrected chi connectivity index (χ1v) is 6.14. The van der Waals surface area contributed by atoms with Gasteiger partial charge in [0, 0.05) is 23.0 Å². The topological polar surface area (TPSA) is 47.5 Å². The molecule has 0 aliphatic heterocycles. The fourth-order valence-corrected chi connectivity index (χ4v) is 2.32. The smallest absolute Gasteiger partial charge is 0.210 e. The van der Waals surface area contributed by atoms with E-state index in [9.17, 15) is 4.79 Å². The molecule has 2 aromatic heterocycles. The predicted molar refractivity (Wildman–Crippen MR) is 76.4 cm³/mol. The van der Waals surface area contributed by atoms with Crippen LogP contribution in [-0.4, -0.2) is 10.2 Å². The average molecular weight is 250 g/mol. The lowest BCUT2D eigenvalue weighted by molar-refractivity contribution is 0.103. The van der Waals surface area contributed by atoms with Crippen molar-refractivity contribution in [2.45, 2.75) is 6.92 Å². The summed E-state index contributed by atoms with van der Waals surface area (Å²) >= 11 is 0. The number of fused-ring (bicyclic) bond motifs is 1. The molecule has 0 spiro atoms. The van der Waals surface area contributed by atoms with E-state index < -0.39 is 0 Å². The molecule has 0 saturated carbocycles. The first-order chi connectivity index (χ1) is 9.16. The molecule has 3 rings (SSSR count). The minimum Gasteiger partial charge on any atom is -0.399 e. The predicted octanol–water partition coefficient (Wildman–Crippen LogP) is 3.06. The van der Waals surface area contributed by atoms with Crippen LogP contribution in [0.1, 0.15) is 21.6 Å². The number of nitrogens with zero attached hydrogens (tertiary/aromatic N) is 1. The second kappa shape index (κ2) is 4.28. The molecular weight excluding hydrogens is 236 g/mol. The molecule has 19 heavy (non-hydrogen) atoms. The molecule has 0 bridgehead atoms. The monoisotopic (exact) mass is 250 g/mol. The highest BCUT2D eigenvalue weighted by molar-refractivity contribution is 6.09. The van der Waals surface area contributed by atoms with E-state index in [2.05, 4.69) is 0 Å². The Balaban J connectivity index is 2.16. The number of pyridine rings is 1. The van der Waals surface area contributed by atoms with Crippen LogP contribution < -0.4 is 5.73 Å². The number of carbonyl (C=O) groups excluding carboxylic acids is 1. The van der Waals surface area contributed by atoms with Crippen LogP contribution in [0.2, 0.25) is 0 Å². The largest absolute Gasteiger partial charge is 0.399 e. The van der Waals surface area contributed by atoms with E-state index in [1.54, 1.807) is 24.3 Å².